The van der Waals surface area contributed by atoms with Gasteiger partial charge in [-0.05, 0) is 54.8 Å². The van der Waals surface area contributed by atoms with Crippen molar-refractivity contribution in [3.8, 4) is 0 Å². The van der Waals surface area contributed by atoms with Gasteiger partial charge in [-0.1, -0.05) is 18.2 Å². The van der Waals surface area contributed by atoms with Gasteiger partial charge >= 0.3 is 0 Å². The fraction of sp³-hybridized carbons (Fsp3) is 0.250. The normalized spacial score (nSPS) is 11.5. The van der Waals surface area contributed by atoms with E-state index >= 15 is 0 Å². The Hall–Kier alpha value is -3.15. The Morgan fingerprint density at radius 1 is 1.00 bits per heavy atom. The van der Waals surface area contributed by atoms with Crippen LogP contribution in [0, 0.1) is 13.8 Å². The quantitative estimate of drug-likeness (QED) is 0.741. The van der Waals surface area contributed by atoms with Gasteiger partial charge in [-0.2, -0.15) is 0 Å². The Morgan fingerprint density at radius 2 is 1.65 bits per heavy atom. The first kappa shape index (κ1) is 19.2. The van der Waals surface area contributed by atoms with E-state index in [9.17, 15) is 14.4 Å². The zero-order chi connectivity index (χ0) is 19.3. The van der Waals surface area contributed by atoms with E-state index < -0.39 is 17.9 Å². The van der Waals surface area contributed by atoms with Crippen molar-refractivity contribution in [2.24, 2.45) is 5.73 Å². The minimum Gasteiger partial charge on any atom is -0.368 e. The minimum absolute atomic E-state index is 0.190. The Balaban J connectivity index is 2.08. The summed E-state index contributed by atoms with van der Waals surface area (Å²) >= 11 is 0. The summed E-state index contributed by atoms with van der Waals surface area (Å²) in [5.74, 6) is -1.18. The fourth-order valence-electron chi connectivity index (χ4n) is 2.54. The molecule has 26 heavy (non-hydrogen) atoms. The molecule has 136 valence electrons. The third kappa shape index (κ3) is 5.17. The molecule has 1 atom stereocenters. The standard InChI is InChI=1S/C20H23N3O3/c1-12-4-5-15(10-13(12)2)11-18(19(21)25)23-20(26)16-6-8-17(9-7-16)22-14(3)24/h4-10,18H,11H2,1-3H3,(H2,21,25)(H,22,24)(H,23,26)/t18-/m1/s1. The first-order valence-corrected chi connectivity index (χ1v) is 8.30. The number of hydrogen-bond donors (Lipinski definition) is 3. The van der Waals surface area contributed by atoms with Crippen molar-refractivity contribution in [3.05, 3.63) is 64.7 Å². The summed E-state index contributed by atoms with van der Waals surface area (Å²) in [7, 11) is 0. The zero-order valence-electron chi connectivity index (χ0n) is 15.1. The predicted molar refractivity (Wildman–Crippen MR) is 101 cm³/mol. The van der Waals surface area contributed by atoms with Crippen molar-refractivity contribution in [2.45, 2.75) is 33.2 Å². The van der Waals surface area contributed by atoms with Gasteiger partial charge in [0.2, 0.25) is 11.8 Å². The highest BCUT2D eigenvalue weighted by molar-refractivity contribution is 5.98. The topological polar surface area (TPSA) is 101 Å². The van der Waals surface area contributed by atoms with Crippen LogP contribution < -0.4 is 16.4 Å². The number of primary amides is 1. The summed E-state index contributed by atoms with van der Waals surface area (Å²) in [6, 6.07) is 11.5. The molecule has 0 fully saturated rings. The average Bonchev–Trinajstić information content (AvgIpc) is 2.57. The summed E-state index contributed by atoms with van der Waals surface area (Å²) in [5, 5.41) is 5.30. The lowest BCUT2D eigenvalue weighted by Crippen LogP contribution is -2.45. The maximum Gasteiger partial charge on any atom is 0.251 e. The third-order valence-corrected chi connectivity index (χ3v) is 4.13. The van der Waals surface area contributed by atoms with Gasteiger partial charge in [0.05, 0.1) is 0 Å². The van der Waals surface area contributed by atoms with Gasteiger partial charge < -0.3 is 16.4 Å². The van der Waals surface area contributed by atoms with E-state index in [4.69, 9.17) is 5.73 Å². The Labute approximate surface area is 152 Å². The lowest BCUT2D eigenvalue weighted by atomic mass is 10.0. The molecule has 0 saturated heterocycles. The van der Waals surface area contributed by atoms with Gasteiger partial charge in [-0.25, -0.2) is 0 Å². The van der Waals surface area contributed by atoms with E-state index in [1.807, 2.05) is 32.0 Å². The van der Waals surface area contributed by atoms with Crippen LogP contribution in [-0.4, -0.2) is 23.8 Å². The summed E-state index contributed by atoms with van der Waals surface area (Å²) in [6.45, 7) is 5.41. The Morgan fingerprint density at radius 3 is 2.19 bits per heavy atom. The second-order valence-corrected chi connectivity index (χ2v) is 6.31. The van der Waals surface area contributed by atoms with E-state index in [-0.39, 0.29) is 5.91 Å². The molecule has 6 nitrogen and oxygen atoms in total. The average molecular weight is 353 g/mol. The third-order valence-electron chi connectivity index (χ3n) is 4.13. The second-order valence-electron chi connectivity index (χ2n) is 6.31. The second kappa shape index (κ2) is 8.29. The highest BCUT2D eigenvalue weighted by Crippen LogP contribution is 2.13. The van der Waals surface area contributed by atoms with Crippen LogP contribution in [0.5, 0.6) is 0 Å². The van der Waals surface area contributed by atoms with Crippen LogP contribution >= 0.6 is 0 Å². The van der Waals surface area contributed by atoms with E-state index in [0.29, 0.717) is 17.7 Å². The van der Waals surface area contributed by atoms with Gasteiger partial charge in [-0.15, -0.1) is 0 Å². The molecule has 0 saturated carbocycles. The molecule has 0 aliphatic heterocycles. The smallest absolute Gasteiger partial charge is 0.251 e. The monoisotopic (exact) mass is 353 g/mol. The molecule has 2 rings (SSSR count). The molecule has 6 heteroatoms. The van der Waals surface area contributed by atoms with Crippen LogP contribution in [0.3, 0.4) is 0 Å². The van der Waals surface area contributed by atoms with Crippen molar-refractivity contribution in [2.75, 3.05) is 5.32 Å². The predicted octanol–water partition coefficient (Wildman–Crippen LogP) is 2.09. The van der Waals surface area contributed by atoms with Crippen LogP contribution in [0.1, 0.15) is 34.0 Å². The molecule has 0 aliphatic rings. The highest BCUT2D eigenvalue weighted by atomic mass is 16.2. The maximum absolute atomic E-state index is 12.4. The first-order chi connectivity index (χ1) is 12.3. The SMILES string of the molecule is CC(=O)Nc1ccc(C(=O)N[C@H](Cc2ccc(C)c(C)c2)C(N)=O)cc1. The number of nitrogens with one attached hydrogen (secondary N) is 2. The van der Waals surface area contributed by atoms with Gasteiger partial charge in [0.25, 0.3) is 5.91 Å². The highest BCUT2D eigenvalue weighted by Gasteiger charge is 2.19. The van der Waals surface area contributed by atoms with Gasteiger partial charge in [0.15, 0.2) is 0 Å². The minimum atomic E-state index is -0.806. The Kier molecular flexibility index (Phi) is 6.11. The number of anilines is 1. The number of aryl methyl sites for hydroxylation is 2. The molecule has 0 unspecified atom stereocenters. The largest absolute Gasteiger partial charge is 0.368 e. The number of amides is 3. The number of hydrogen-bond acceptors (Lipinski definition) is 3. The summed E-state index contributed by atoms with van der Waals surface area (Å²) in [4.78, 5) is 35.2. The molecule has 4 N–H and O–H groups in total. The summed E-state index contributed by atoms with van der Waals surface area (Å²) < 4.78 is 0. The van der Waals surface area contributed by atoms with Crippen LogP contribution in [0.2, 0.25) is 0 Å². The van der Waals surface area contributed by atoms with Crippen molar-refractivity contribution >= 4 is 23.4 Å². The van der Waals surface area contributed by atoms with E-state index in [1.165, 1.54) is 6.92 Å². The Bertz CT molecular complexity index is 829. The molecule has 0 radical (unpaired) electrons. The molecule has 0 aliphatic carbocycles. The van der Waals surface area contributed by atoms with Crippen molar-refractivity contribution in [1.29, 1.82) is 0 Å². The molecule has 2 aromatic rings. The number of rotatable bonds is 6. The fourth-order valence-corrected chi connectivity index (χ4v) is 2.54. The molecule has 0 heterocycles. The van der Waals surface area contributed by atoms with Gasteiger partial charge in [0.1, 0.15) is 6.04 Å². The lowest BCUT2D eigenvalue weighted by Gasteiger charge is -2.16. The molecule has 2 aromatic carbocycles. The first-order valence-electron chi connectivity index (χ1n) is 8.30. The number of benzene rings is 2. The number of nitrogens with two attached hydrogens (primary N) is 1. The maximum atomic E-state index is 12.4. The van der Waals surface area contributed by atoms with E-state index in [2.05, 4.69) is 10.6 Å². The van der Waals surface area contributed by atoms with Crippen molar-refractivity contribution in [3.63, 3.8) is 0 Å². The number of carbonyl (C=O) groups is 3. The molecule has 0 aromatic heterocycles. The van der Waals surface area contributed by atoms with Crippen LogP contribution in [0.15, 0.2) is 42.5 Å². The van der Waals surface area contributed by atoms with Crippen molar-refractivity contribution in [1.82, 2.24) is 5.32 Å². The number of carbonyl (C=O) groups excluding carboxylic acids is 3. The molecule has 3 amide bonds. The van der Waals surface area contributed by atoms with Crippen molar-refractivity contribution < 1.29 is 14.4 Å². The van der Waals surface area contributed by atoms with E-state index in [0.717, 1.165) is 16.7 Å². The van der Waals surface area contributed by atoms with Crippen LogP contribution in [0.25, 0.3) is 0 Å². The molecular weight excluding hydrogens is 330 g/mol. The molecular formula is C20H23N3O3. The summed E-state index contributed by atoms with van der Waals surface area (Å²) in [6.07, 6.45) is 0.326. The molecule has 0 bridgehead atoms. The summed E-state index contributed by atoms with van der Waals surface area (Å²) in [5.41, 5.74) is 9.63. The lowest BCUT2D eigenvalue weighted by molar-refractivity contribution is -0.119. The zero-order valence-corrected chi connectivity index (χ0v) is 15.1. The van der Waals surface area contributed by atoms with Gasteiger partial charge in [0, 0.05) is 24.6 Å². The van der Waals surface area contributed by atoms with E-state index in [1.54, 1.807) is 24.3 Å². The molecule has 0 spiro atoms. The van der Waals surface area contributed by atoms with Gasteiger partial charge in [-0.3, -0.25) is 14.4 Å². The van der Waals surface area contributed by atoms with Crippen LogP contribution in [-0.2, 0) is 16.0 Å². The van der Waals surface area contributed by atoms with Crippen LogP contribution in [0.4, 0.5) is 5.69 Å².